The van der Waals surface area contributed by atoms with Crippen molar-refractivity contribution in [2.75, 3.05) is 4.90 Å². The van der Waals surface area contributed by atoms with E-state index < -0.39 is 0 Å². The molecule has 2 aliphatic rings. The molecule has 0 radical (unpaired) electrons. The van der Waals surface area contributed by atoms with Gasteiger partial charge in [-0.3, -0.25) is 19.5 Å². The van der Waals surface area contributed by atoms with E-state index in [9.17, 15) is 14.4 Å². The summed E-state index contributed by atoms with van der Waals surface area (Å²) in [4.78, 5) is 46.3. The average Bonchev–Trinajstić information content (AvgIpc) is 3.00. The first-order valence-corrected chi connectivity index (χ1v) is 7.40. The number of carbonyl (C=O) groups is 2. The van der Waals surface area contributed by atoms with Gasteiger partial charge in [0.1, 0.15) is 0 Å². The zero-order valence-corrected chi connectivity index (χ0v) is 12.1. The van der Waals surface area contributed by atoms with Crippen molar-refractivity contribution in [1.29, 1.82) is 0 Å². The molecule has 2 aromatic heterocycles. The lowest BCUT2D eigenvalue weighted by Crippen LogP contribution is -2.32. The monoisotopic (exact) mass is 301 g/mol. The molecule has 1 aliphatic carbocycles. The Morgan fingerprint density at radius 3 is 2.36 bits per heavy atom. The van der Waals surface area contributed by atoms with Crippen LogP contribution in [0.2, 0.25) is 0 Å². The maximum atomic E-state index is 12.5. The molecule has 2 amide bonds. The summed E-state index contributed by atoms with van der Waals surface area (Å²) in [5.41, 5.74) is 0.216. The Morgan fingerprint density at radius 1 is 1.09 bits per heavy atom. The number of nitrogens with one attached hydrogen (secondary N) is 1. The molecule has 4 rings (SSSR count). The van der Waals surface area contributed by atoms with Crippen molar-refractivity contribution in [2.45, 2.75) is 32.6 Å². The summed E-state index contributed by atoms with van der Waals surface area (Å²) in [6.45, 7) is 1.69. The van der Waals surface area contributed by atoms with Gasteiger partial charge in [-0.25, -0.2) is 9.88 Å². The zero-order valence-electron chi connectivity index (χ0n) is 12.1. The highest BCUT2D eigenvalue weighted by Crippen LogP contribution is 2.39. The van der Waals surface area contributed by atoms with Crippen molar-refractivity contribution in [2.24, 2.45) is 11.8 Å². The Balaban J connectivity index is 1.81. The Morgan fingerprint density at radius 2 is 1.73 bits per heavy atom. The second-order valence-electron chi connectivity index (χ2n) is 5.93. The fourth-order valence-corrected chi connectivity index (χ4v) is 3.45. The van der Waals surface area contributed by atoms with E-state index in [1.54, 1.807) is 6.92 Å². The number of anilines is 1. The van der Waals surface area contributed by atoms with E-state index in [0.717, 1.165) is 35.1 Å². The topological polar surface area (TPSA) is 100 Å². The Labute approximate surface area is 125 Å². The number of hydrogen-bond donors (Lipinski definition) is 1. The maximum absolute atomic E-state index is 12.5. The molecule has 22 heavy (non-hydrogen) atoms. The van der Waals surface area contributed by atoms with Crippen LogP contribution in [0.25, 0.3) is 5.78 Å². The first-order valence-electron chi connectivity index (χ1n) is 7.40. The molecule has 8 nitrogen and oxygen atoms in total. The number of fused-ring (bicyclic) bond motifs is 2. The number of rotatable bonds is 1. The highest BCUT2D eigenvalue weighted by molar-refractivity contribution is 6.21. The van der Waals surface area contributed by atoms with Crippen molar-refractivity contribution in [3.05, 3.63) is 22.1 Å². The molecule has 8 heteroatoms. The van der Waals surface area contributed by atoms with Gasteiger partial charge in [0.05, 0.1) is 11.8 Å². The molecule has 1 saturated carbocycles. The van der Waals surface area contributed by atoms with Gasteiger partial charge in [0.25, 0.3) is 11.3 Å². The third kappa shape index (κ3) is 1.73. The number of aromatic nitrogens is 4. The first-order chi connectivity index (χ1) is 10.6. The fourth-order valence-electron chi connectivity index (χ4n) is 3.45. The minimum atomic E-state index is -0.322. The first kappa shape index (κ1) is 13.2. The van der Waals surface area contributed by atoms with E-state index in [-0.39, 0.29) is 40.9 Å². The summed E-state index contributed by atoms with van der Waals surface area (Å²) >= 11 is 0. The van der Waals surface area contributed by atoms with Gasteiger partial charge < -0.3 is 0 Å². The number of aromatic amines is 1. The van der Waals surface area contributed by atoms with Crippen molar-refractivity contribution in [1.82, 2.24) is 19.6 Å². The van der Waals surface area contributed by atoms with Crippen molar-refractivity contribution < 1.29 is 9.59 Å². The largest absolute Gasteiger partial charge is 0.274 e. The van der Waals surface area contributed by atoms with E-state index in [1.165, 1.54) is 6.07 Å². The smallest absolute Gasteiger partial charge is 0.274 e. The molecular formula is C14H15N5O3. The van der Waals surface area contributed by atoms with Crippen LogP contribution < -0.4 is 10.5 Å². The van der Waals surface area contributed by atoms with Crippen LogP contribution >= 0.6 is 0 Å². The lowest BCUT2D eigenvalue weighted by Gasteiger charge is -2.19. The van der Waals surface area contributed by atoms with Crippen molar-refractivity contribution in [3.8, 4) is 0 Å². The van der Waals surface area contributed by atoms with Crippen LogP contribution in [0.1, 0.15) is 31.4 Å². The molecule has 1 saturated heterocycles. The number of hydrogen-bond acceptors (Lipinski definition) is 5. The summed E-state index contributed by atoms with van der Waals surface area (Å²) in [7, 11) is 0. The highest BCUT2D eigenvalue weighted by Gasteiger charge is 2.49. The average molecular weight is 301 g/mol. The number of aryl methyl sites for hydroxylation is 1. The summed E-state index contributed by atoms with van der Waals surface area (Å²) in [5.74, 6) is -0.700. The second kappa shape index (κ2) is 4.49. The van der Waals surface area contributed by atoms with Crippen LogP contribution in [0.3, 0.4) is 0 Å². The molecular weight excluding hydrogens is 286 g/mol. The summed E-state index contributed by atoms with van der Waals surface area (Å²) in [6.07, 6.45) is 3.41. The number of carbonyl (C=O) groups excluding carboxylic acids is 2. The molecule has 2 fully saturated rings. The number of imide groups is 1. The Kier molecular flexibility index (Phi) is 2.69. The standard InChI is InChI=1S/C14H15N5O3/c1-7-6-10(20)19-13(15-7)16-14(17-19)18-11(21)8-4-2-3-5-9(8)12(18)22/h6,8-9H,2-5H2,1H3,(H,15,16,17)/t8-,9+. The van der Waals surface area contributed by atoms with Gasteiger partial charge in [0.2, 0.25) is 17.8 Å². The van der Waals surface area contributed by atoms with Gasteiger partial charge in [0.15, 0.2) is 0 Å². The lowest BCUT2D eigenvalue weighted by molar-refractivity contribution is -0.122. The minimum Gasteiger partial charge on any atom is -0.274 e. The van der Waals surface area contributed by atoms with Crippen molar-refractivity contribution in [3.63, 3.8) is 0 Å². The van der Waals surface area contributed by atoms with E-state index in [1.807, 2.05) is 0 Å². The highest BCUT2D eigenvalue weighted by atomic mass is 16.2. The van der Waals surface area contributed by atoms with Crippen LogP contribution in [0.15, 0.2) is 10.9 Å². The second-order valence-corrected chi connectivity index (χ2v) is 5.93. The predicted molar refractivity (Wildman–Crippen MR) is 76.3 cm³/mol. The predicted octanol–water partition coefficient (Wildman–Crippen LogP) is 0.406. The Bertz CT molecular complexity index is 828. The SMILES string of the molecule is Cc1cc(=O)n2[nH]c(N3C(=O)[C@H]4CCCC[C@H]4C3=O)nc2n1. The van der Waals surface area contributed by atoms with Crippen LogP contribution in [0.5, 0.6) is 0 Å². The fraction of sp³-hybridized carbons (Fsp3) is 0.500. The number of nitrogens with zero attached hydrogens (tertiary/aromatic N) is 4. The van der Waals surface area contributed by atoms with Crippen LogP contribution in [0.4, 0.5) is 5.95 Å². The van der Waals surface area contributed by atoms with Crippen molar-refractivity contribution >= 4 is 23.5 Å². The van der Waals surface area contributed by atoms with Gasteiger partial charge in [-0.2, -0.15) is 9.50 Å². The van der Waals surface area contributed by atoms with Gasteiger partial charge in [-0.05, 0) is 19.8 Å². The molecule has 2 atom stereocenters. The molecule has 114 valence electrons. The van der Waals surface area contributed by atoms with Gasteiger partial charge in [-0.15, -0.1) is 0 Å². The van der Waals surface area contributed by atoms with Gasteiger partial charge >= 0.3 is 0 Å². The lowest BCUT2D eigenvalue weighted by atomic mass is 9.81. The number of H-pyrrole nitrogens is 1. The maximum Gasteiger partial charge on any atom is 0.274 e. The Hall–Kier alpha value is -2.51. The molecule has 3 heterocycles. The van der Waals surface area contributed by atoms with E-state index in [2.05, 4.69) is 15.1 Å². The molecule has 0 spiro atoms. The van der Waals surface area contributed by atoms with Gasteiger partial charge in [-0.1, -0.05) is 12.8 Å². The zero-order chi connectivity index (χ0) is 15.4. The molecule has 0 aromatic carbocycles. The normalized spacial score (nSPS) is 25.0. The number of amides is 2. The quantitative estimate of drug-likeness (QED) is 0.769. The molecule has 1 N–H and O–H groups in total. The summed E-state index contributed by atoms with van der Waals surface area (Å²) in [5, 5.41) is 2.72. The molecule has 1 aliphatic heterocycles. The van der Waals surface area contributed by atoms with Crippen LogP contribution in [-0.2, 0) is 9.59 Å². The summed E-state index contributed by atoms with van der Waals surface area (Å²) in [6, 6.07) is 1.36. The van der Waals surface area contributed by atoms with Crippen LogP contribution in [-0.4, -0.2) is 31.4 Å². The third-order valence-electron chi connectivity index (χ3n) is 4.50. The minimum absolute atomic E-state index is 0.0830. The summed E-state index contributed by atoms with van der Waals surface area (Å²) < 4.78 is 1.14. The van der Waals surface area contributed by atoms with E-state index >= 15 is 0 Å². The van der Waals surface area contributed by atoms with Crippen LogP contribution in [0, 0.1) is 18.8 Å². The van der Waals surface area contributed by atoms with E-state index in [4.69, 9.17) is 0 Å². The molecule has 0 bridgehead atoms. The molecule has 2 aromatic rings. The third-order valence-corrected chi connectivity index (χ3v) is 4.50. The van der Waals surface area contributed by atoms with E-state index in [0.29, 0.717) is 5.69 Å². The molecule has 0 unspecified atom stereocenters. The van der Waals surface area contributed by atoms with Gasteiger partial charge in [0, 0.05) is 11.8 Å².